The third-order valence-corrected chi connectivity index (χ3v) is 7.95. The number of hydrogen-bond acceptors (Lipinski definition) is 5. The topological polar surface area (TPSA) is 73.2 Å². The van der Waals surface area contributed by atoms with Gasteiger partial charge in [-0.3, -0.25) is 4.99 Å². The second-order valence-electron chi connectivity index (χ2n) is 5.41. The third-order valence-electron chi connectivity index (χ3n) is 4.15. The molecule has 10 heteroatoms. The minimum atomic E-state index is -3.71. The number of aliphatic hydroxyl groups is 1. The normalized spacial score (nSPS) is 22.5. The molecule has 0 amide bonds. The van der Waals surface area contributed by atoms with Crippen molar-refractivity contribution in [2.45, 2.75) is 24.5 Å². The van der Waals surface area contributed by atoms with Crippen molar-refractivity contribution < 1.29 is 13.5 Å². The van der Waals surface area contributed by atoms with E-state index in [0.717, 1.165) is 0 Å². The molecule has 0 aliphatic carbocycles. The summed E-state index contributed by atoms with van der Waals surface area (Å²) in [7, 11) is -0.325. The van der Waals surface area contributed by atoms with Crippen LogP contribution in [-0.2, 0) is 15.7 Å². The standard InChI is InChI=1S/C15H22ClN3O3S2.ClH/c1-5-19(6-2)24(21,22)13-9-11(7-8-12(13)16)15(20)10-23-14(17-3)18(15)4;/h7-9,20H,5-6,10H2,1-4H3;1H. The van der Waals surface area contributed by atoms with Crippen molar-refractivity contribution in [3.05, 3.63) is 28.8 Å². The van der Waals surface area contributed by atoms with Gasteiger partial charge in [-0.05, 0) is 12.1 Å². The molecule has 0 radical (unpaired) electrons. The summed E-state index contributed by atoms with van der Waals surface area (Å²) in [5.41, 5.74) is -0.844. The second-order valence-corrected chi connectivity index (χ2v) is 8.66. The summed E-state index contributed by atoms with van der Waals surface area (Å²) in [6.45, 7) is 4.26. The molecule has 142 valence electrons. The fraction of sp³-hybridized carbons (Fsp3) is 0.533. The lowest BCUT2D eigenvalue weighted by Crippen LogP contribution is -2.42. The van der Waals surface area contributed by atoms with E-state index in [0.29, 0.717) is 29.6 Å². The Labute approximate surface area is 164 Å². The zero-order valence-electron chi connectivity index (χ0n) is 14.6. The van der Waals surface area contributed by atoms with Crippen LogP contribution in [0.3, 0.4) is 0 Å². The Bertz CT molecular complexity index is 754. The van der Waals surface area contributed by atoms with Gasteiger partial charge >= 0.3 is 0 Å². The molecule has 1 aliphatic heterocycles. The lowest BCUT2D eigenvalue weighted by molar-refractivity contribution is -0.0349. The Hall–Kier alpha value is -0.510. The molecule has 1 unspecified atom stereocenters. The molecular weight excluding hydrogens is 405 g/mol. The first kappa shape index (κ1) is 22.5. The molecule has 0 aromatic heterocycles. The van der Waals surface area contributed by atoms with Gasteiger partial charge in [0.2, 0.25) is 10.0 Å². The van der Waals surface area contributed by atoms with Gasteiger partial charge in [-0.1, -0.05) is 43.3 Å². The fourth-order valence-corrected chi connectivity index (χ4v) is 5.78. The molecule has 6 nitrogen and oxygen atoms in total. The molecule has 0 spiro atoms. The SMILES string of the molecule is CCN(CC)S(=O)(=O)c1cc(C2(O)CSC(=NC)N2C)ccc1Cl.Cl. The van der Waals surface area contributed by atoms with Crippen LogP contribution in [0.2, 0.25) is 5.02 Å². The Kier molecular flexibility index (Phi) is 7.62. The quantitative estimate of drug-likeness (QED) is 0.781. The number of benzene rings is 1. The summed E-state index contributed by atoms with van der Waals surface area (Å²) in [6, 6.07) is 4.63. The zero-order chi connectivity index (χ0) is 18.1. The van der Waals surface area contributed by atoms with Gasteiger partial charge in [0.15, 0.2) is 10.9 Å². The van der Waals surface area contributed by atoms with Gasteiger partial charge in [-0.15, -0.1) is 12.4 Å². The van der Waals surface area contributed by atoms with Crippen molar-refractivity contribution in [1.29, 1.82) is 0 Å². The number of sulfonamides is 1. The summed E-state index contributed by atoms with van der Waals surface area (Å²) in [5.74, 6) is 0.364. The predicted octanol–water partition coefficient (Wildman–Crippen LogP) is 2.60. The summed E-state index contributed by atoms with van der Waals surface area (Å²) in [6.07, 6.45) is 0. The number of aliphatic imine (C=N–C) groups is 1. The summed E-state index contributed by atoms with van der Waals surface area (Å²) >= 11 is 7.57. The van der Waals surface area contributed by atoms with Crippen LogP contribution in [0.1, 0.15) is 19.4 Å². The molecule has 1 aromatic carbocycles. The summed E-state index contributed by atoms with van der Waals surface area (Å²) in [4.78, 5) is 5.79. The number of rotatable bonds is 5. The van der Waals surface area contributed by atoms with E-state index in [1.54, 1.807) is 38.9 Å². The lowest BCUT2D eigenvalue weighted by Gasteiger charge is -2.32. The van der Waals surface area contributed by atoms with Crippen LogP contribution < -0.4 is 0 Å². The van der Waals surface area contributed by atoms with Crippen LogP contribution in [0.15, 0.2) is 28.1 Å². The first-order valence-electron chi connectivity index (χ1n) is 7.58. The zero-order valence-corrected chi connectivity index (χ0v) is 17.8. The summed E-state index contributed by atoms with van der Waals surface area (Å²) in [5, 5.41) is 11.9. The van der Waals surface area contributed by atoms with Gasteiger partial charge in [-0.2, -0.15) is 4.31 Å². The number of thioether (sulfide) groups is 1. The van der Waals surface area contributed by atoms with Gasteiger partial charge in [0.05, 0.1) is 10.8 Å². The van der Waals surface area contributed by atoms with Crippen LogP contribution in [0.4, 0.5) is 0 Å². The third kappa shape index (κ3) is 3.94. The second kappa shape index (κ2) is 8.45. The molecule has 1 aromatic rings. The number of nitrogens with zero attached hydrogens (tertiary/aromatic N) is 3. The van der Waals surface area contributed by atoms with E-state index < -0.39 is 15.7 Å². The molecule has 1 atom stereocenters. The summed E-state index contributed by atoms with van der Waals surface area (Å²) < 4.78 is 27.0. The van der Waals surface area contributed by atoms with Crippen molar-refractivity contribution >= 4 is 51.0 Å². The maximum absolute atomic E-state index is 12.8. The Morgan fingerprint density at radius 3 is 2.48 bits per heavy atom. The van der Waals surface area contributed by atoms with Gasteiger partial charge in [0.1, 0.15) is 4.90 Å². The Balaban J connectivity index is 0.00000312. The van der Waals surface area contributed by atoms with E-state index in [-0.39, 0.29) is 22.3 Å². The molecule has 1 saturated heterocycles. The first-order valence-corrected chi connectivity index (χ1v) is 10.4. The number of amidine groups is 1. The van der Waals surface area contributed by atoms with Gasteiger partial charge in [-0.25, -0.2) is 8.42 Å². The van der Waals surface area contributed by atoms with Crippen LogP contribution in [0.5, 0.6) is 0 Å². The van der Waals surface area contributed by atoms with E-state index in [9.17, 15) is 13.5 Å². The smallest absolute Gasteiger partial charge is 0.244 e. The molecule has 1 fully saturated rings. The highest BCUT2D eigenvalue weighted by atomic mass is 35.5. The molecule has 0 saturated carbocycles. The van der Waals surface area contributed by atoms with Crippen LogP contribution in [-0.4, -0.2) is 60.8 Å². The van der Waals surface area contributed by atoms with Crippen molar-refractivity contribution in [1.82, 2.24) is 9.21 Å². The van der Waals surface area contributed by atoms with E-state index in [1.165, 1.54) is 28.2 Å². The molecular formula is C15H23Cl2N3O3S2. The van der Waals surface area contributed by atoms with E-state index in [4.69, 9.17) is 11.6 Å². The fourth-order valence-electron chi connectivity index (χ4n) is 2.66. The Morgan fingerprint density at radius 2 is 2.00 bits per heavy atom. The molecule has 1 N–H and O–H groups in total. The maximum atomic E-state index is 12.8. The highest BCUT2D eigenvalue weighted by molar-refractivity contribution is 8.14. The molecule has 1 aliphatic rings. The monoisotopic (exact) mass is 427 g/mol. The van der Waals surface area contributed by atoms with Crippen LogP contribution in [0.25, 0.3) is 0 Å². The molecule has 25 heavy (non-hydrogen) atoms. The van der Waals surface area contributed by atoms with Crippen LogP contribution in [0, 0.1) is 0 Å². The molecule has 2 rings (SSSR count). The molecule has 0 bridgehead atoms. The van der Waals surface area contributed by atoms with Gasteiger partial charge < -0.3 is 10.0 Å². The van der Waals surface area contributed by atoms with Crippen molar-refractivity contribution in [3.63, 3.8) is 0 Å². The number of hydrogen-bond donors (Lipinski definition) is 1. The minimum Gasteiger partial charge on any atom is -0.366 e. The highest BCUT2D eigenvalue weighted by Gasteiger charge is 2.43. The largest absolute Gasteiger partial charge is 0.366 e. The van der Waals surface area contributed by atoms with E-state index in [1.807, 2.05) is 0 Å². The van der Waals surface area contributed by atoms with Crippen molar-refractivity contribution in [2.24, 2.45) is 4.99 Å². The average Bonchev–Trinajstić information content (AvgIpc) is 2.84. The van der Waals surface area contributed by atoms with Crippen molar-refractivity contribution in [3.8, 4) is 0 Å². The average molecular weight is 428 g/mol. The maximum Gasteiger partial charge on any atom is 0.244 e. The highest BCUT2D eigenvalue weighted by Crippen LogP contribution is 2.39. The minimum absolute atomic E-state index is 0. The van der Waals surface area contributed by atoms with Gasteiger partial charge in [0.25, 0.3) is 0 Å². The lowest BCUT2D eigenvalue weighted by atomic mass is 10.0. The van der Waals surface area contributed by atoms with Gasteiger partial charge in [0, 0.05) is 32.7 Å². The predicted molar refractivity (Wildman–Crippen MR) is 106 cm³/mol. The first-order chi connectivity index (χ1) is 11.2. The molecule has 1 heterocycles. The van der Waals surface area contributed by atoms with Crippen LogP contribution >= 0.6 is 35.8 Å². The van der Waals surface area contributed by atoms with E-state index >= 15 is 0 Å². The Morgan fingerprint density at radius 1 is 1.40 bits per heavy atom. The van der Waals surface area contributed by atoms with E-state index in [2.05, 4.69) is 4.99 Å². The number of halogens is 2. The van der Waals surface area contributed by atoms with Crippen molar-refractivity contribution in [2.75, 3.05) is 32.9 Å².